The molecule has 14 heavy (non-hydrogen) atoms. The molecule has 0 spiro atoms. The topological polar surface area (TPSA) is 37.3 Å². The van der Waals surface area contributed by atoms with Crippen LogP contribution in [0.1, 0.15) is 38.5 Å². The van der Waals surface area contributed by atoms with E-state index in [0.29, 0.717) is 0 Å². The first kappa shape index (κ1) is 10.6. The summed E-state index contributed by atoms with van der Waals surface area (Å²) in [6, 6.07) is 0. The van der Waals surface area contributed by atoms with Gasteiger partial charge in [-0.15, -0.1) is 0 Å². The third-order valence-electron chi connectivity index (χ3n) is 4.49. The maximum atomic E-state index is 11.3. The van der Waals surface area contributed by atoms with Crippen molar-refractivity contribution in [3.8, 4) is 0 Å². The van der Waals surface area contributed by atoms with Crippen LogP contribution in [0, 0.1) is 23.2 Å². The van der Waals surface area contributed by atoms with E-state index in [1.54, 1.807) is 0 Å². The Morgan fingerprint density at radius 3 is 1.64 bits per heavy atom. The average molecular weight is 188 g/mol. The zero-order valence-corrected chi connectivity index (χ0v) is 7.83. The van der Waals surface area contributed by atoms with Crippen molar-refractivity contribution in [3.05, 3.63) is 0 Å². The first-order valence-electron chi connectivity index (χ1n) is 5.41. The number of carboxylic acids is 1. The van der Waals surface area contributed by atoms with E-state index >= 15 is 0 Å². The quantitative estimate of drug-likeness (QED) is 0.635. The van der Waals surface area contributed by atoms with Gasteiger partial charge in [0.25, 0.3) is 0 Å². The van der Waals surface area contributed by atoms with Gasteiger partial charge >= 0.3 is 24.8 Å². The molecule has 3 heteroatoms. The van der Waals surface area contributed by atoms with Gasteiger partial charge in [0, 0.05) is 0 Å². The van der Waals surface area contributed by atoms with Crippen molar-refractivity contribution in [1.82, 2.24) is 0 Å². The van der Waals surface area contributed by atoms with Gasteiger partial charge in [0.05, 0.1) is 5.41 Å². The molecular weight excluding hydrogens is 171 g/mol. The van der Waals surface area contributed by atoms with E-state index in [-0.39, 0.29) is 24.3 Å². The van der Waals surface area contributed by atoms with E-state index < -0.39 is 5.97 Å². The molecule has 4 aliphatic carbocycles. The molecule has 0 aromatic rings. The standard InChI is InChI=1S/C11H16O2.Li.H/c12-10(13)11-4-7-1-8(5-11)3-9(2-7)6-11;;/h7-9H,1-6H2,(H,12,13);;. The molecule has 2 nitrogen and oxygen atoms in total. The molecule has 0 saturated heterocycles. The monoisotopic (exact) mass is 188 g/mol. The minimum atomic E-state index is -0.508. The fraction of sp³-hybridized carbons (Fsp3) is 0.909. The SMILES string of the molecule is O=C(O)C12CC3CC(CC(C3)C1)C2.[LiH]. The Labute approximate surface area is 96.6 Å². The normalized spacial score (nSPS) is 48.7. The zero-order chi connectivity index (χ0) is 9.05. The molecule has 1 N–H and O–H groups in total. The summed E-state index contributed by atoms with van der Waals surface area (Å²) in [5, 5.41) is 9.28. The molecule has 0 atom stereocenters. The summed E-state index contributed by atoms with van der Waals surface area (Å²) in [6.45, 7) is 0. The number of carbonyl (C=O) groups is 1. The summed E-state index contributed by atoms with van der Waals surface area (Å²) < 4.78 is 0. The van der Waals surface area contributed by atoms with E-state index in [1.165, 1.54) is 19.3 Å². The summed E-state index contributed by atoms with van der Waals surface area (Å²) in [4.78, 5) is 11.3. The Morgan fingerprint density at radius 1 is 1.00 bits per heavy atom. The van der Waals surface area contributed by atoms with Crippen LogP contribution >= 0.6 is 0 Å². The predicted molar refractivity (Wildman–Crippen MR) is 55.4 cm³/mol. The molecule has 0 heterocycles. The van der Waals surface area contributed by atoms with E-state index in [9.17, 15) is 9.90 Å². The van der Waals surface area contributed by atoms with Crippen LogP contribution in [0.5, 0.6) is 0 Å². The van der Waals surface area contributed by atoms with Crippen LogP contribution in [0.3, 0.4) is 0 Å². The number of carboxylic acid groups (broad SMARTS) is 1. The average Bonchev–Trinajstić information content (AvgIpc) is 2.00. The molecule has 0 radical (unpaired) electrons. The summed E-state index contributed by atoms with van der Waals surface area (Å²) in [5.74, 6) is 1.75. The molecule has 4 aliphatic rings. The molecule has 4 rings (SSSR count). The van der Waals surface area contributed by atoms with E-state index in [2.05, 4.69) is 0 Å². The minimum absolute atomic E-state index is 0. The second kappa shape index (κ2) is 3.29. The first-order chi connectivity index (χ1) is 6.18. The number of hydrogen-bond acceptors (Lipinski definition) is 1. The molecule has 74 valence electrons. The van der Waals surface area contributed by atoms with Gasteiger partial charge in [0.2, 0.25) is 0 Å². The Kier molecular flexibility index (Phi) is 2.48. The van der Waals surface area contributed by atoms with Gasteiger partial charge in [0.1, 0.15) is 0 Å². The number of rotatable bonds is 1. The Balaban J connectivity index is 0.000000750. The van der Waals surface area contributed by atoms with Crippen LogP contribution in [-0.4, -0.2) is 29.9 Å². The molecule has 0 amide bonds. The first-order valence-corrected chi connectivity index (χ1v) is 5.41. The van der Waals surface area contributed by atoms with Crippen molar-refractivity contribution in [2.24, 2.45) is 23.2 Å². The molecule has 0 aliphatic heterocycles. The van der Waals surface area contributed by atoms with Crippen molar-refractivity contribution in [2.45, 2.75) is 38.5 Å². The second-order valence-corrected chi connectivity index (χ2v) is 5.50. The summed E-state index contributed by atoms with van der Waals surface area (Å²) in [5.41, 5.74) is -0.283. The van der Waals surface area contributed by atoms with Crippen LogP contribution in [-0.2, 0) is 4.79 Å². The molecule has 0 aromatic carbocycles. The predicted octanol–water partition coefficient (Wildman–Crippen LogP) is 1.64. The number of aliphatic carboxylic acids is 1. The van der Waals surface area contributed by atoms with Crippen LogP contribution in [0.2, 0.25) is 0 Å². The molecule has 0 aromatic heterocycles. The van der Waals surface area contributed by atoms with Gasteiger partial charge in [-0.2, -0.15) is 0 Å². The van der Waals surface area contributed by atoms with Crippen molar-refractivity contribution >= 4 is 24.8 Å². The van der Waals surface area contributed by atoms with Gasteiger partial charge in [-0.05, 0) is 56.3 Å². The van der Waals surface area contributed by atoms with Crippen LogP contribution in [0.25, 0.3) is 0 Å². The van der Waals surface area contributed by atoms with Crippen LogP contribution < -0.4 is 0 Å². The molecule has 4 fully saturated rings. The zero-order valence-electron chi connectivity index (χ0n) is 7.83. The molecule has 0 unspecified atom stereocenters. The second-order valence-electron chi connectivity index (χ2n) is 5.50. The third kappa shape index (κ3) is 1.35. The van der Waals surface area contributed by atoms with Gasteiger partial charge < -0.3 is 5.11 Å². The van der Waals surface area contributed by atoms with Gasteiger partial charge in [-0.25, -0.2) is 0 Å². The van der Waals surface area contributed by atoms with Gasteiger partial charge in [0.15, 0.2) is 0 Å². The summed E-state index contributed by atoms with van der Waals surface area (Å²) in [7, 11) is 0. The van der Waals surface area contributed by atoms with Gasteiger partial charge in [-0.1, -0.05) is 0 Å². The summed E-state index contributed by atoms with van der Waals surface area (Å²) >= 11 is 0. The van der Waals surface area contributed by atoms with Crippen LogP contribution in [0.4, 0.5) is 0 Å². The fourth-order valence-corrected chi connectivity index (χ4v) is 4.37. The van der Waals surface area contributed by atoms with Crippen molar-refractivity contribution in [1.29, 1.82) is 0 Å². The number of hydrogen-bond donors (Lipinski definition) is 1. The maximum absolute atomic E-state index is 11.3. The Morgan fingerprint density at radius 2 is 1.36 bits per heavy atom. The van der Waals surface area contributed by atoms with E-state index in [0.717, 1.165) is 37.0 Å². The van der Waals surface area contributed by atoms with Crippen molar-refractivity contribution in [3.63, 3.8) is 0 Å². The fourth-order valence-electron chi connectivity index (χ4n) is 4.37. The van der Waals surface area contributed by atoms with Gasteiger partial charge in [-0.3, -0.25) is 4.79 Å². The summed E-state index contributed by atoms with van der Waals surface area (Å²) in [6.07, 6.45) is 6.92. The Hall–Kier alpha value is 0.0674. The molecule has 4 bridgehead atoms. The Bertz CT molecular complexity index is 227. The molecular formula is C11H17LiO2. The third-order valence-corrected chi connectivity index (χ3v) is 4.49. The van der Waals surface area contributed by atoms with E-state index in [4.69, 9.17) is 0 Å². The van der Waals surface area contributed by atoms with Crippen LogP contribution in [0.15, 0.2) is 0 Å². The van der Waals surface area contributed by atoms with E-state index in [1.807, 2.05) is 0 Å². The van der Waals surface area contributed by atoms with Crippen molar-refractivity contribution in [2.75, 3.05) is 0 Å². The van der Waals surface area contributed by atoms with Crippen molar-refractivity contribution < 1.29 is 9.90 Å². The molecule has 4 saturated carbocycles.